The highest BCUT2D eigenvalue weighted by atomic mass is 19.1. The molecule has 0 unspecified atom stereocenters. The van der Waals surface area contributed by atoms with Crippen molar-refractivity contribution in [3.63, 3.8) is 0 Å². The summed E-state index contributed by atoms with van der Waals surface area (Å²) < 4.78 is 14.2. The molecule has 0 saturated carbocycles. The maximum atomic E-state index is 14.2. The monoisotopic (exact) mass is 397 g/mol. The number of amides is 1. The molecule has 6 nitrogen and oxygen atoms in total. The van der Waals surface area contributed by atoms with Gasteiger partial charge in [0.05, 0.1) is 22.7 Å². The summed E-state index contributed by atoms with van der Waals surface area (Å²) in [6.07, 6.45) is 0. The predicted molar refractivity (Wildman–Crippen MR) is 111 cm³/mol. The van der Waals surface area contributed by atoms with E-state index in [-0.39, 0.29) is 5.56 Å². The number of benzene rings is 3. The summed E-state index contributed by atoms with van der Waals surface area (Å²) in [6.45, 7) is 1.57. The third-order valence-corrected chi connectivity index (χ3v) is 5.16. The van der Waals surface area contributed by atoms with Crippen molar-refractivity contribution in [3.8, 4) is 17.5 Å². The van der Waals surface area contributed by atoms with Gasteiger partial charge in [-0.3, -0.25) is 4.79 Å². The third-order valence-electron chi connectivity index (χ3n) is 5.16. The van der Waals surface area contributed by atoms with Crippen molar-refractivity contribution in [1.29, 1.82) is 5.26 Å². The van der Waals surface area contributed by atoms with Gasteiger partial charge in [0, 0.05) is 24.3 Å². The molecule has 1 aromatic heterocycles. The van der Waals surface area contributed by atoms with Gasteiger partial charge in [0.2, 0.25) is 0 Å². The predicted octanol–water partition coefficient (Wildman–Crippen LogP) is 4.10. The quantitative estimate of drug-likeness (QED) is 0.485. The Balaban J connectivity index is 1.52. The number of aromatic amines is 1. The van der Waals surface area contributed by atoms with Crippen LogP contribution in [0.1, 0.15) is 27.0 Å². The molecule has 7 heteroatoms. The van der Waals surface area contributed by atoms with Gasteiger partial charge in [-0.1, -0.05) is 18.2 Å². The number of aromatic nitrogens is 2. The topological polar surface area (TPSA) is 93.6 Å². The molecule has 4 aromatic rings. The highest BCUT2D eigenvalue weighted by molar-refractivity contribution is 6.11. The van der Waals surface area contributed by atoms with Crippen LogP contribution in [0.2, 0.25) is 0 Å². The number of fused-ring (bicyclic) bond motifs is 2. The Morgan fingerprint density at radius 3 is 2.83 bits per heavy atom. The molecule has 0 fully saturated rings. The van der Waals surface area contributed by atoms with E-state index in [0.717, 1.165) is 18.7 Å². The average Bonchev–Trinajstić information content (AvgIpc) is 3.39. The standard InChI is InChI=1S/C23H16FN5O/c24-17-8-19(23(30)27-18-5-4-15-11-26-12-16(15)7-18)21-20(9-17)28-22(29-21)14-3-1-2-13(6-14)10-25/h1-9,26H,11-12H2,(H,27,30)(H,28,29). The molecule has 1 aliphatic rings. The van der Waals surface area contributed by atoms with E-state index in [4.69, 9.17) is 5.26 Å². The lowest BCUT2D eigenvalue weighted by Crippen LogP contribution is -2.13. The number of carbonyl (C=O) groups is 1. The molecular formula is C23H16FN5O. The Morgan fingerprint density at radius 2 is 1.97 bits per heavy atom. The molecule has 0 radical (unpaired) electrons. The molecule has 0 saturated heterocycles. The zero-order valence-corrected chi connectivity index (χ0v) is 15.8. The lowest BCUT2D eigenvalue weighted by atomic mass is 10.1. The van der Waals surface area contributed by atoms with E-state index in [9.17, 15) is 9.18 Å². The number of hydrogen-bond acceptors (Lipinski definition) is 4. The first kappa shape index (κ1) is 18.0. The third kappa shape index (κ3) is 3.19. The van der Waals surface area contributed by atoms with E-state index >= 15 is 0 Å². The van der Waals surface area contributed by atoms with E-state index < -0.39 is 11.7 Å². The van der Waals surface area contributed by atoms with Crippen LogP contribution < -0.4 is 10.6 Å². The van der Waals surface area contributed by atoms with Crippen LogP contribution in [0.3, 0.4) is 0 Å². The first-order chi connectivity index (χ1) is 14.6. The SMILES string of the molecule is N#Cc1cccc(-c2nc3c(C(=O)Nc4ccc5c(c4)CNC5)cc(F)cc3[nH]2)c1. The number of imidazole rings is 1. The molecule has 0 spiro atoms. The summed E-state index contributed by atoms with van der Waals surface area (Å²) in [6, 6.07) is 17.2. The van der Waals surface area contributed by atoms with E-state index in [0.29, 0.717) is 33.7 Å². The fourth-order valence-corrected chi connectivity index (χ4v) is 3.70. The van der Waals surface area contributed by atoms with Crippen LogP contribution in [0.25, 0.3) is 22.4 Å². The number of halogens is 1. The molecule has 2 heterocycles. The van der Waals surface area contributed by atoms with E-state index in [1.54, 1.807) is 24.3 Å². The van der Waals surface area contributed by atoms with Gasteiger partial charge in [0.25, 0.3) is 5.91 Å². The molecule has 1 amide bonds. The Kier molecular flexibility index (Phi) is 4.27. The number of nitrogens with zero attached hydrogens (tertiary/aromatic N) is 2. The van der Waals surface area contributed by atoms with Gasteiger partial charge < -0.3 is 15.6 Å². The second-order valence-corrected chi connectivity index (χ2v) is 7.17. The summed E-state index contributed by atoms with van der Waals surface area (Å²) in [4.78, 5) is 20.5. The Bertz CT molecular complexity index is 1350. The van der Waals surface area contributed by atoms with E-state index in [1.807, 2.05) is 18.2 Å². The van der Waals surface area contributed by atoms with Gasteiger partial charge in [-0.25, -0.2) is 9.37 Å². The van der Waals surface area contributed by atoms with Crippen LogP contribution >= 0.6 is 0 Å². The van der Waals surface area contributed by atoms with Crippen molar-refractivity contribution >= 4 is 22.6 Å². The van der Waals surface area contributed by atoms with Crippen molar-refractivity contribution in [2.24, 2.45) is 0 Å². The van der Waals surface area contributed by atoms with E-state index in [1.165, 1.54) is 17.7 Å². The molecule has 5 rings (SSSR count). The summed E-state index contributed by atoms with van der Waals surface area (Å²) in [7, 11) is 0. The molecular weight excluding hydrogens is 381 g/mol. The Labute approximate surface area is 171 Å². The molecule has 3 aromatic carbocycles. The summed E-state index contributed by atoms with van der Waals surface area (Å²) in [5, 5.41) is 15.2. The second-order valence-electron chi connectivity index (χ2n) is 7.17. The maximum Gasteiger partial charge on any atom is 0.258 e. The summed E-state index contributed by atoms with van der Waals surface area (Å²) in [5.74, 6) is -0.508. The first-order valence-corrected chi connectivity index (χ1v) is 9.44. The molecule has 1 aliphatic heterocycles. The number of carbonyl (C=O) groups excluding carboxylic acids is 1. The van der Waals surface area contributed by atoms with Crippen molar-refractivity contribution < 1.29 is 9.18 Å². The number of hydrogen-bond donors (Lipinski definition) is 3. The number of nitrogens with one attached hydrogen (secondary N) is 3. The fourth-order valence-electron chi connectivity index (χ4n) is 3.70. The molecule has 0 atom stereocenters. The minimum Gasteiger partial charge on any atom is -0.338 e. The lowest BCUT2D eigenvalue weighted by Gasteiger charge is -2.08. The molecule has 146 valence electrons. The normalized spacial score (nSPS) is 12.5. The Hall–Kier alpha value is -4.02. The molecule has 0 aliphatic carbocycles. The first-order valence-electron chi connectivity index (χ1n) is 9.44. The van der Waals surface area contributed by atoms with Gasteiger partial charge in [0.15, 0.2) is 0 Å². The zero-order valence-electron chi connectivity index (χ0n) is 15.8. The van der Waals surface area contributed by atoms with Crippen molar-refractivity contribution in [2.75, 3.05) is 5.32 Å². The minimum atomic E-state index is -0.535. The molecule has 3 N–H and O–H groups in total. The average molecular weight is 397 g/mol. The summed E-state index contributed by atoms with van der Waals surface area (Å²) >= 11 is 0. The van der Waals surface area contributed by atoms with Crippen LogP contribution in [0.15, 0.2) is 54.6 Å². The van der Waals surface area contributed by atoms with Crippen LogP contribution in [0, 0.1) is 17.1 Å². The van der Waals surface area contributed by atoms with Gasteiger partial charge >= 0.3 is 0 Å². The number of nitriles is 1. The van der Waals surface area contributed by atoms with Crippen molar-refractivity contribution in [1.82, 2.24) is 15.3 Å². The molecule has 0 bridgehead atoms. The Morgan fingerprint density at radius 1 is 1.10 bits per heavy atom. The highest BCUT2D eigenvalue weighted by Crippen LogP contribution is 2.26. The highest BCUT2D eigenvalue weighted by Gasteiger charge is 2.18. The smallest absolute Gasteiger partial charge is 0.258 e. The van der Waals surface area contributed by atoms with Crippen LogP contribution in [0.4, 0.5) is 10.1 Å². The van der Waals surface area contributed by atoms with Gasteiger partial charge in [-0.05, 0) is 47.5 Å². The molecule has 30 heavy (non-hydrogen) atoms. The maximum absolute atomic E-state index is 14.2. The second kappa shape index (κ2) is 7.10. The van der Waals surface area contributed by atoms with Crippen LogP contribution in [0.5, 0.6) is 0 Å². The largest absolute Gasteiger partial charge is 0.338 e. The van der Waals surface area contributed by atoms with Crippen molar-refractivity contribution in [3.05, 3.63) is 82.7 Å². The zero-order chi connectivity index (χ0) is 20.7. The summed E-state index contributed by atoms with van der Waals surface area (Å²) in [5.41, 5.74) is 5.09. The fraction of sp³-hybridized carbons (Fsp3) is 0.0870. The minimum absolute atomic E-state index is 0.141. The number of H-pyrrole nitrogens is 1. The van der Waals surface area contributed by atoms with Crippen LogP contribution in [-0.2, 0) is 13.1 Å². The van der Waals surface area contributed by atoms with Gasteiger partial charge in [-0.2, -0.15) is 5.26 Å². The van der Waals surface area contributed by atoms with Gasteiger partial charge in [0.1, 0.15) is 17.2 Å². The van der Waals surface area contributed by atoms with E-state index in [2.05, 4.69) is 26.7 Å². The van der Waals surface area contributed by atoms with Gasteiger partial charge in [-0.15, -0.1) is 0 Å². The lowest BCUT2D eigenvalue weighted by molar-refractivity contribution is 0.102. The van der Waals surface area contributed by atoms with Crippen LogP contribution in [-0.4, -0.2) is 15.9 Å². The number of rotatable bonds is 3. The van der Waals surface area contributed by atoms with Crippen molar-refractivity contribution in [2.45, 2.75) is 13.1 Å². The number of anilines is 1.